The molecule has 0 aliphatic carbocycles. The number of hydrogen-bond donors (Lipinski definition) is 2. The number of ether oxygens (including phenoxy) is 1. The van der Waals surface area contributed by atoms with Crippen molar-refractivity contribution in [2.45, 2.75) is 29.4 Å². The third-order valence-electron chi connectivity index (χ3n) is 4.11. The van der Waals surface area contributed by atoms with Crippen LogP contribution in [0.1, 0.15) is 23.1 Å². The Hall–Kier alpha value is -3.26. The van der Waals surface area contributed by atoms with E-state index in [9.17, 15) is 9.59 Å². The van der Waals surface area contributed by atoms with Crippen LogP contribution in [-0.2, 0) is 11.4 Å². The lowest BCUT2D eigenvalue weighted by Gasteiger charge is -2.09. The van der Waals surface area contributed by atoms with E-state index in [0.29, 0.717) is 12.4 Å². The number of hydrogen-bond acceptors (Lipinski definition) is 6. The van der Waals surface area contributed by atoms with Gasteiger partial charge in [-0.2, -0.15) is 0 Å². The second kappa shape index (κ2) is 7.77. The Bertz CT molecular complexity index is 1020. The van der Waals surface area contributed by atoms with Gasteiger partial charge in [0.1, 0.15) is 18.1 Å². The van der Waals surface area contributed by atoms with Gasteiger partial charge >= 0.3 is 6.03 Å². The molecule has 3 amide bonds. The van der Waals surface area contributed by atoms with Gasteiger partial charge in [-0.1, -0.05) is 11.8 Å². The molecule has 3 aromatic rings. The van der Waals surface area contributed by atoms with Crippen LogP contribution >= 0.6 is 11.8 Å². The molecule has 142 valence electrons. The topological polar surface area (TPSA) is 93.5 Å². The lowest BCUT2D eigenvalue weighted by Crippen LogP contribution is -2.22. The van der Waals surface area contributed by atoms with Crippen LogP contribution in [0.15, 0.2) is 69.1 Å². The molecule has 1 aromatic carbocycles. The normalized spacial score (nSPS) is 16.0. The molecule has 1 fully saturated rings. The third-order valence-corrected chi connectivity index (χ3v) is 5.18. The van der Waals surface area contributed by atoms with Gasteiger partial charge in [-0.05, 0) is 55.0 Å². The summed E-state index contributed by atoms with van der Waals surface area (Å²) in [6.07, 6.45) is 3.27. The molecule has 1 aliphatic rings. The molecule has 1 saturated heterocycles. The zero-order valence-electron chi connectivity index (χ0n) is 15.0. The van der Waals surface area contributed by atoms with Gasteiger partial charge in [-0.25, -0.2) is 4.79 Å². The van der Waals surface area contributed by atoms with Crippen molar-refractivity contribution in [1.82, 2.24) is 15.6 Å². The van der Waals surface area contributed by atoms with Gasteiger partial charge in [-0.3, -0.25) is 15.1 Å². The van der Waals surface area contributed by atoms with E-state index in [1.807, 2.05) is 43.3 Å². The van der Waals surface area contributed by atoms with Crippen LogP contribution in [0, 0.1) is 6.92 Å². The Morgan fingerprint density at radius 3 is 2.71 bits per heavy atom. The number of nitrogens with zero attached hydrogens (tertiary/aromatic N) is 1. The van der Waals surface area contributed by atoms with Gasteiger partial charge in [0, 0.05) is 16.8 Å². The van der Waals surface area contributed by atoms with E-state index in [1.54, 1.807) is 12.3 Å². The number of furan rings is 1. The monoisotopic (exact) mass is 395 g/mol. The number of nitrogens with one attached hydrogen (secondary N) is 2. The first-order valence-corrected chi connectivity index (χ1v) is 9.41. The van der Waals surface area contributed by atoms with E-state index in [4.69, 9.17) is 9.15 Å². The van der Waals surface area contributed by atoms with Gasteiger partial charge in [-0.15, -0.1) is 0 Å². The fourth-order valence-corrected chi connectivity index (χ4v) is 3.71. The number of amides is 3. The molecule has 2 N–H and O–H groups in total. The van der Waals surface area contributed by atoms with Crippen molar-refractivity contribution in [3.8, 4) is 5.75 Å². The van der Waals surface area contributed by atoms with Gasteiger partial charge in [0.15, 0.2) is 6.04 Å². The van der Waals surface area contributed by atoms with E-state index in [-0.39, 0.29) is 0 Å². The molecule has 1 aliphatic heterocycles. The Kier molecular flexibility index (Phi) is 5.03. The molecule has 1 unspecified atom stereocenters. The zero-order chi connectivity index (χ0) is 19.5. The Morgan fingerprint density at radius 1 is 1.18 bits per heavy atom. The van der Waals surface area contributed by atoms with Crippen molar-refractivity contribution in [1.29, 1.82) is 0 Å². The minimum atomic E-state index is -0.809. The fraction of sp³-hybridized carbons (Fsp3) is 0.150. The fourth-order valence-electron chi connectivity index (χ4n) is 2.80. The van der Waals surface area contributed by atoms with E-state index in [0.717, 1.165) is 26.8 Å². The van der Waals surface area contributed by atoms with Gasteiger partial charge in [0.25, 0.3) is 5.91 Å². The summed E-state index contributed by atoms with van der Waals surface area (Å²) in [6, 6.07) is 12.0. The first-order valence-electron chi connectivity index (χ1n) is 8.59. The molecule has 0 spiro atoms. The molecule has 0 radical (unpaired) electrons. The molecule has 1 atom stereocenters. The summed E-state index contributed by atoms with van der Waals surface area (Å²) in [7, 11) is 0. The molecule has 7 nitrogen and oxygen atoms in total. The number of rotatable bonds is 6. The second-order valence-corrected chi connectivity index (χ2v) is 7.33. The van der Waals surface area contributed by atoms with Crippen LogP contribution in [0.2, 0.25) is 0 Å². The minimum absolute atomic E-state index is 0.418. The molecule has 0 bridgehead atoms. The first kappa shape index (κ1) is 18.1. The quantitative estimate of drug-likeness (QED) is 0.620. The number of carbonyl (C=O) groups excluding carboxylic acids is 2. The van der Waals surface area contributed by atoms with Crippen LogP contribution in [0.5, 0.6) is 5.75 Å². The van der Waals surface area contributed by atoms with E-state index >= 15 is 0 Å². The largest absolute Gasteiger partial charge is 0.489 e. The van der Waals surface area contributed by atoms with Crippen molar-refractivity contribution < 1.29 is 18.7 Å². The summed E-state index contributed by atoms with van der Waals surface area (Å²) in [5.74, 6) is 0.757. The molecule has 28 heavy (non-hydrogen) atoms. The van der Waals surface area contributed by atoms with E-state index in [2.05, 4.69) is 15.6 Å². The van der Waals surface area contributed by atoms with Crippen molar-refractivity contribution >= 4 is 23.7 Å². The average Bonchev–Trinajstić information content (AvgIpc) is 3.26. The minimum Gasteiger partial charge on any atom is -0.489 e. The Labute approximate surface area is 165 Å². The number of benzene rings is 1. The van der Waals surface area contributed by atoms with Crippen molar-refractivity contribution in [3.63, 3.8) is 0 Å². The van der Waals surface area contributed by atoms with Crippen molar-refractivity contribution in [3.05, 3.63) is 71.9 Å². The van der Waals surface area contributed by atoms with Gasteiger partial charge < -0.3 is 14.5 Å². The first-order chi connectivity index (χ1) is 13.6. The molecular weight excluding hydrogens is 378 g/mol. The van der Waals surface area contributed by atoms with Crippen molar-refractivity contribution in [2.24, 2.45) is 0 Å². The highest BCUT2D eigenvalue weighted by atomic mass is 32.2. The van der Waals surface area contributed by atoms with E-state index < -0.39 is 18.0 Å². The molecule has 2 aromatic heterocycles. The maximum Gasteiger partial charge on any atom is 0.322 e. The standard InChI is InChI=1S/C20H17N3O4S/c1-12-10-13(6-8-21-12)11-27-14-2-4-15(5-3-14)28-16-7-9-26-18(16)17-19(24)23-20(25)22-17/h2-10,17H,11H2,1H3,(H2,22,23,24,25). The van der Waals surface area contributed by atoms with E-state index in [1.165, 1.54) is 18.0 Å². The highest BCUT2D eigenvalue weighted by molar-refractivity contribution is 7.99. The van der Waals surface area contributed by atoms with Gasteiger partial charge in [0.05, 0.1) is 11.2 Å². The van der Waals surface area contributed by atoms with Gasteiger partial charge in [0.2, 0.25) is 0 Å². The number of aryl methyl sites for hydroxylation is 1. The van der Waals surface area contributed by atoms with Crippen LogP contribution < -0.4 is 15.4 Å². The predicted octanol–water partition coefficient (Wildman–Crippen LogP) is 3.59. The smallest absolute Gasteiger partial charge is 0.322 e. The summed E-state index contributed by atoms with van der Waals surface area (Å²) < 4.78 is 11.2. The molecule has 8 heteroatoms. The third kappa shape index (κ3) is 4.01. The molecule has 0 saturated carbocycles. The number of pyridine rings is 1. The lowest BCUT2D eigenvalue weighted by molar-refractivity contribution is -0.120. The SMILES string of the molecule is Cc1cc(COc2ccc(Sc3ccoc3C3NC(=O)NC3=O)cc2)ccn1. The Morgan fingerprint density at radius 2 is 2.00 bits per heavy atom. The Balaban J connectivity index is 1.41. The van der Waals surface area contributed by atoms with Crippen LogP contribution in [0.25, 0.3) is 0 Å². The highest BCUT2D eigenvalue weighted by Gasteiger charge is 2.35. The maximum absolute atomic E-state index is 11.9. The lowest BCUT2D eigenvalue weighted by atomic mass is 10.2. The summed E-state index contributed by atoms with van der Waals surface area (Å²) >= 11 is 1.45. The summed E-state index contributed by atoms with van der Waals surface area (Å²) in [6.45, 7) is 2.42. The number of urea groups is 1. The summed E-state index contributed by atoms with van der Waals surface area (Å²) in [5, 5.41) is 4.75. The highest BCUT2D eigenvalue weighted by Crippen LogP contribution is 2.35. The second-order valence-electron chi connectivity index (χ2n) is 6.21. The van der Waals surface area contributed by atoms with Crippen LogP contribution in [0.4, 0.5) is 4.79 Å². The molecular formula is C20H17N3O4S. The maximum atomic E-state index is 11.9. The molecule has 4 rings (SSSR count). The summed E-state index contributed by atoms with van der Waals surface area (Å²) in [5.41, 5.74) is 2.02. The van der Waals surface area contributed by atoms with Crippen LogP contribution in [-0.4, -0.2) is 16.9 Å². The van der Waals surface area contributed by atoms with Crippen molar-refractivity contribution in [2.75, 3.05) is 0 Å². The molecule has 3 heterocycles. The average molecular weight is 395 g/mol. The number of aromatic nitrogens is 1. The number of carbonyl (C=O) groups is 2. The zero-order valence-corrected chi connectivity index (χ0v) is 15.8. The summed E-state index contributed by atoms with van der Waals surface area (Å²) in [4.78, 5) is 29.1. The van der Waals surface area contributed by atoms with Crippen LogP contribution in [0.3, 0.4) is 0 Å². The predicted molar refractivity (Wildman–Crippen MR) is 102 cm³/mol. The number of imide groups is 1.